The van der Waals surface area contributed by atoms with Gasteiger partial charge in [-0.15, -0.1) is 0 Å². The molecule has 1 aliphatic carbocycles. The van der Waals surface area contributed by atoms with Crippen LogP contribution in [0.5, 0.6) is 0 Å². The van der Waals surface area contributed by atoms with Crippen molar-refractivity contribution in [3.63, 3.8) is 0 Å². The number of rotatable bonds is 2. The molecule has 0 bridgehead atoms. The van der Waals surface area contributed by atoms with Crippen LogP contribution in [0.15, 0.2) is 0 Å². The third-order valence-corrected chi connectivity index (χ3v) is 5.08. The first kappa shape index (κ1) is 11.9. The summed E-state index contributed by atoms with van der Waals surface area (Å²) < 4.78 is 0. The summed E-state index contributed by atoms with van der Waals surface area (Å²) in [6.07, 6.45) is 8.11. The first-order chi connectivity index (χ1) is 8.31. The van der Waals surface area contributed by atoms with Crippen LogP contribution in [0.1, 0.15) is 38.5 Å². The molecule has 2 aliphatic heterocycles. The van der Waals surface area contributed by atoms with E-state index in [1.54, 1.807) is 0 Å². The Hall–Kier alpha value is -0.120. The standard InChI is InChI=1S/C14H27N3/c15-13-5-3-12(4-6-13)10-16-8-9-17-7-1-2-14(17)11-16/h12-14H,1-11,15H2. The lowest BCUT2D eigenvalue weighted by Gasteiger charge is -2.40. The normalized spacial score (nSPS) is 40.4. The Labute approximate surface area is 105 Å². The molecule has 3 nitrogen and oxygen atoms in total. The Balaban J connectivity index is 1.46. The van der Waals surface area contributed by atoms with E-state index < -0.39 is 0 Å². The molecule has 0 spiro atoms. The number of hydrogen-bond acceptors (Lipinski definition) is 3. The maximum absolute atomic E-state index is 5.98. The van der Waals surface area contributed by atoms with Gasteiger partial charge in [0.1, 0.15) is 0 Å². The summed E-state index contributed by atoms with van der Waals surface area (Å²) in [5, 5.41) is 0. The van der Waals surface area contributed by atoms with E-state index in [9.17, 15) is 0 Å². The fourth-order valence-corrected chi connectivity index (χ4v) is 3.96. The maximum Gasteiger partial charge on any atom is 0.0224 e. The molecule has 0 radical (unpaired) electrons. The second kappa shape index (κ2) is 5.25. The topological polar surface area (TPSA) is 32.5 Å². The molecule has 0 aromatic rings. The highest BCUT2D eigenvalue weighted by molar-refractivity contribution is 4.88. The van der Waals surface area contributed by atoms with Crippen LogP contribution in [0.4, 0.5) is 0 Å². The molecular formula is C14H27N3. The van der Waals surface area contributed by atoms with Crippen molar-refractivity contribution in [2.45, 2.75) is 50.6 Å². The Bertz CT molecular complexity index is 248. The third-order valence-electron chi connectivity index (χ3n) is 5.08. The van der Waals surface area contributed by atoms with E-state index in [-0.39, 0.29) is 0 Å². The van der Waals surface area contributed by atoms with Crippen molar-refractivity contribution in [3.05, 3.63) is 0 Å². The molecule has 2 heterocycles. The minimum absolute atomic E-state index is 0.498. The van der Waals surface area contributed by atoms with E-state index in [0.717, 1.165) is 12.0 Å². The highest BCUT2D eigenvalue weighted by Crippen LogP contribution is 2.26. The predicted molar refractivity (Wildman–Crippen MR) is 71.0 cm³/mol. The monoisotopic (exact) mass is 237 g/mol. The van der Waals surface area contributed by atoms with E-state index in [2.05, 4.69) is 9.80 Å². The molecule has 1 unspecified atom stereocenters. The SMILES string of the molecule is NC1CCC(CN2CCN3CCCC3C2)CC1. The molecule has 3 heteroatoms. The molecule has 1 atom stereocenters. The molecule has 98 valence electrons. The number of hydrogen-bond donors (Lipinski definition) is 1. The molecule has 3 rings (SSSR count). The molecule has 0 amide bonds. The molecule has 2 saturated heterocycles. The van der Waals surface area contributed by atoms with Gasteiger partial charge >= 0.3 is 0 Å². The van der Waals surface area contributed by atoms with E-state index in [4.69, 9.17) is 5.73 Å². The zero-order valence-corrected chi connectivity index (χ0v) is 11.0. The van der Waals surface area contributed by atoms with E-state index in [1.165, 1.54) is 71.2 Å². The van der Waals surface area contributed by atoms with Crippen LogP contribution in [0.2, 0.25) is 0 Å². The van der Waals surface area contributed by atoms with Gasteiger partial charge in [-0.2, -0.15) is 0 Å². The minimum Gasteiger partial charge on any atom is -0.328 e. The van der Waals surface area contributed by atoms with Gasteiger partial charge in [0.15, 0.2) is 0 Å². The molecule has 0 aromatic heterocycles. The van der Waals surface area contributed by atoms with Crippen molar-refractivity contribution in [1.82, 2.24) is 9.80 Å². The number of fused-ring (bicyclic) bond motifs is 1. The number of nitrogens with two attached hydrogens (primary N) is 1. The Morgan fingerprint density at radius 1 is 0.941 bits per heavy atom. The number of piperazine rings is 1. The first-order valence-corrected chi connectivity index (χ1v) is 7.53. The average Bonchev–Trinajstić information content (AvgIpc) is 2.79. The fourth-order valence-electron chi connectivity index (χ4n) is 3.96. The van der Waals surface area contributed by atoms with Gasteiger partial charge in [-0.25, -0.2) is 0 Å². The Morgan fingerprint density at radius 3 is 2.59 bits per heavy atom. The van der Waals surface area contributed by atoms with Crippen molar-refractivity contribution >= 4 is 0 Å². The average molecular weight is 237 g/mol. The molecular weight excluding hydrogens is 210 g/mol. The van der Waals surface area contributed by atoms with Gasteiger partial charge in [0.2, 0.25) is 0 Å². The van der Waals surface area contributed by atoms with Gasteiger partial charge in [0, 0.05) is 38.3 Å². The molecule has 0 aromatic carbocycles. The number of nitrogens with zero attached hydrogens (tertiary/aromatic N) is 2. The summed E-state index contributed by atoms with van der Waals surface area (Å²) in [7, 11) is 0. The Kier molecular flexibility index (Phi) is 3.69. The van der Waals surface area contributed by atoms with Crippen molar-refractivity contribution < 1.29 is 0 Å². The van der Waals surface area contributed by atoms with Crippen LogP contribution in [0.3, 0.4) is 0 Å². The van der Waals surface area contributed by atoms with Crippen LogP contribution in [-0.2, 0) is 0 Å². The predicted octanol–water partition coefficient (Wildman–Crippen LogP) is 1.28. The van der Waals surface area contributed by atoms with Crippen LogP contribution in [-0.4, -0.2) is 54.6 Å². The summed E-state index contributed by atoms with van der Waals surface area (Å²) in [5.41, 5.74) is 5.98. The second-order valence-corrected chi connectivity index (χ2v) is 6.37. The van der Waals surface area contributed by atoms with Gasteiger partial charge in [-0.05, 0) is 51.0 Å². The lowest BCUT2D eigenvalue weighted by Crippen LogP contribution is -2.51. The van der Waals surface area contributed by atoms with Gasteiger partial charge in [0.05, 0.1) is 0 Å². The summed E-state index contributed by atoms with van der Waals surface area (Å²) >= 11 is 0. The zero-order valence-electron chi connectivity index (χ0n) is 11.0. The summed E-state index contributed by atoms with van der Waals surface area (Å²) in [6.45, 7) is 6.66. The van der Waals surface area contributed by atoms with Crippen molar-refractivity contribution in [3.8, 4) is 0 Å². The molecule has 1 saturated carbocycles. The maximum atomic E-state index is 5.98. The minimum atomic E-state index is 0.498. The van der Waals surface area contributed by atoms with E-state index in [0.29, 0.717) is 6.04 Å². The lowest BCUT2D eigenvalue weighted by molar-refractivity contribution is 0.0845. The third kappa shape index (κ3) is 2.83. The van der Waals surface area contributed by atoms with E-state index >= 15 is 0 Å². The summed E-state index contributed by atoms with van der Waals surface area (Å²) in [6, 6.07) is 1.38. The molecule has 2 N–H and O–H groups in total. The highest BCUT2D eigenvalue weighted by Gasteiger charge is 2.31. The largest absolute Gasteiger partial charge is 0.328 e. The molecule has 3 aliphatic rings. The molecule has 3 fully saturated rings. The highest BCUT2D eigenvalue weighted by atomic mass is 15.3. The van der Waals surface area contributed by atoms with Crippen LogP contribution < -0.4 is 5.73 Å². The zero-order chi connectivity index (χ0) is 11.7. The fraction of sp³-hybridized carbons (Fsp3) is 1.00. The lowest BCUT2D eigenvalue weighted by atomic mass is 9.86. The van der Waals surface area contributed by atoms with Crippen LogP contribution in [0, 0.1) is 5.92 Å². The quantitative estimate of drug-likeness (QED) is 0.785. The van der Waals surface area contributed by atoms with Gasteiger partial charge < -0.3 is 10.6 Å². The van der Waals surface area contributed by atoms with E-state index in [1.807, 2.05) is 0 Å². The molecule has 17 heavy (non-hydrogen) atoms. The smallest absolute Gasteiger partial charge is 0.0224 e. The van der Waals surface area contributed by atoms with Crippen molar-refractivity contribution in [2.75, 3.05) is 32.7 Å². The Morgan fingerprint density at radius 2 is 1.76 bits per heavy atom. The summed E-state index contributed by atoms with van der Waals surface area (Å²) in [4.78, 5) is 5.43. The van der Waals surface area contributed by atoms with Crippen LogP contribution in [0.25, 0.3) is 0 Å². The van der Waals surface area contributed by atoms with Gasteiger partial charge in [-0.3, -0.25) is 4.90 Å². The first-order valence-electron chi connectivity index (χ1n) is 7.53. The van der Waals surface area contributed by atoms with Crippen molar-refractivity contribution in [1.29, 1.82) is 0 Å². The van der Waals surface area contributed by atoms with Crippen molar-refractivity contribution in [2.24, 2.45) is 11.7 Å². The second-order valence-electron chi connectivity index (χ2n) is 6.37. The van der Waals surface area contributed by atoms with Gasteiger partial charge in [-0.1, -0.05) is 0 Å². The summed E-state index contributed by atoms with van der Waals surface area (Å²) in [5.74, 6) is 0.933. The van der Waals surface area contributed by atoms with Gasteiger partial charge in [0.25, 0.3) is 0 Å². The van der Waals surface area contributed by atoms with Crippen LogP contribution >= 0.6 is 0 Å².